The minimum atomic E-state index is -0.735. The van der Waals surface area contributed by atoms with Crippen LogP contribution in [0.25, 0.3) is 32.9 Å². The molecule has 4 saturated heterocycles. The molecule has 2 bridgehead atoms. The predicted molar refractivity (Wildman–Crippen MR) is 168 cm³/mol. The molecule has 234 valence electrons. The average Bonchev–Trinajstić information content (AvgIpc) is 3.77. The monoisotopic (exact) mass is 614 g/mol. The number of aliphatic hydroxyl groups is 1. The summed E-state index contributed by atoms with van der Waals surface area (Å²) in [6.07, 6.45) is 14.5. The van der Waals surface area contributed by atoms with Crippen LogP contribution >= 0.6 is 0 Å². The fraction of sp³-hybridized carbons (Fsp3) is 0.441. The van der Waals surface area contributed by atoms with Crippen molar-refractivity contribution in [1.29, 1.82) is 0 Å². The maximum Gasteiger partial charge on any atom is 0.318 e. The molecule has 0 spiro atoms. The highest BCUT2D eigenvalue weighted by Gasteiger charge is 2.36. The number of aromatic nitrogens is 3. The molecule has 4 atom stereocenters. The molecule has 0 amide bonds. The van der Waals surface area contributed by atoms with Crippen LogP contribution in [0, 0.1) is 24.0 Å². The minimum absolute atomic E-state index is 0.0258. The van der Waals surface area contributed by atoms with Crippen LogP contribution in [0.2, 0.25) is 0 Å². The van der Waals surface area contributed by atoms with Crippen molar-refractivity contribution in [3.05, 3.63) is 47.7 Å². The predicted octanol–water partition coefficient (Wildman–Crippen LogP) is 4.36. The van der Waals surface area contributed by atoms with Gasteiger partial charge in [-0.3, -0.25) is 9.88 Å². The minimum Gasteiger partial charge on any atom is -0.508 e. The van der Waals surface area contributed by atoms with E-state index in [2.05, 4.69) is 36.0 Å². The van der Waals surface area contributed by atoms with Crippen LogP contribution < -0.4 is 15.0 Å². The second-order valence-corrected chi connectivity index (χ2v) is 12.4. The van der Waals surface area contributed by atoms with E-state index in [4.69, 9.17) is 16.3 Å². The van der Waals surface area contributed by atoms with Gasteiger partial charge in [-0.05, 0) is 68.7 Å². The molecule has 11 heteroatoms. The number of nitrogens with zero attached hydrogens (tertiary/aromatic N) is 5. The van der Waals surface area contributed by atoms with Crippen LogP contribution in [-0.4, -0.2) is 87.6 Å². The molecule has 2 aromatic heterocycles. The van der Waals surface area contributed by atoms with Gasteiger partial charge in [0.05, 0.1) is 24.7 Å². The summed E-state index contributed by atoms with van der Waals surface area (Å²) in [5, 5.41) is 24.0. The van der Waals surface area contributed by atoms with Crippen molar-refractivity contribution in [2.24, 2.45) is 0 Å². The number of phenolic OH excluding ortho intramolecular Hbond substituents is 1. The van der Waals surface area contributed by atoms with Crippen molar-refractivity contribution in [2.75, 3.05) is 38.3 Å². The maximum atomic E-state index is 16.1. The molecule has 0 radical (unpaired) electrons. The van der Waals surface area contributed by atoms with E-state index in [1.54, 1.807) is 0 Å². The SMILES string of the molecule is C#Cc1c(F)ccc2cc(O)cc(-c3ncc4c(N5CC6CCC(C5)N6)nc(OC)nc4c3F)c12.OCC1CCC2CCCN12. The molecular weight excluding hydrogens is 578 g/mol. The number of ether oxygens (including phenoxy) is 1. The fourth-order valence-corrected chi connectivity index (χ4v) is 7.66. The molecule has 3 N–H and O–H groups in total. The van der Waals surface area contributed by atoms with Gasteiger partial charge in [-0.2, -0.15) is 9.97 Å². The molecule has 45 heavy (non-hydrogen) atoms. The summed E-state index contributed by atoms with van der Waals surface area (Å²) in [5.41, 5.74) is 0.0627. The lowest BCUT2D eigenvalue weighted by Crippen LogP contribution is -2.51. The summed E-state index contributed by atoms with van der Waals surface area (Å²) in [6, 6.07) is 7.53. The van der Waals surface area contributed by atoms with Gasteiger partial charge in [0.1, 0.15) is 28.6 Å². The van der Waals surface area contributed by atoms with Crippen molar-refractivity contribution in [1.82, 2.24) is 25.2 Å². The van der Waals surface area contributed by atoms with Gasteiger partial charge in [-0.1, -0.05) is 12.0 Å². The first-order valence-corrected chi connectivity index (χ1v) is 15.6. The number of hydrogen-bond donors (Lipinski definition) is 3. The smallest absolute Gasteiger partial charge is 0.318 e. The summed E-state index contributed by atoms with van der Waals surface area (Å²) < 4.78 is 35.9. The number of rotatable bonds is 4. The number of terminal acetylenes is 1. The first-order valence-electron chi connectivity index (χ1n) is 15.6. The highest BCUT2D eigenvalue weighted by molar-refractivity contribution is 6.03. The second kappa shape index (κ2) is 12.0. The Morgan fingerprint density at radius 1 is 1.09 bits per heavy atom. The third-order valence-electron chi connectivity index (χ3n) is 9.73. The third-order valence-corrected chi connectivity index (χ3v) is 9.73. The Kier molecular flexibility index (Phi) is 7.89. The van der Waals surface area contributed by atoms with Crippen LogP contribution in [0.4, 0.5) is 14.6 Å². The first kappa shape index (κ1) is 29.6. The lowest BCUT2D eigenvalue weighted by atomic mass is 9.96. The van der Waals surface area contributed by atoms with E-state index < -0.39 is 11.6 Å². The maximum absolute atomic E-state index is 16.1. The zero-order valence-corrected chi connectivity index (χ0v) is 25.1. The van der Waals surface area contributed by atoms with Crippen molar-refractivity contribution in [3.8, 4) is 35.4 Å². The molecule has 4 aliphatic rings. The number of phenols is 1. The highest BCUT2D eigenvalue weighted by Crippen LogP contribution is 2.39. The van der Waals surface area contributed by atoms with Crippen molar-refractivity contribution in [3.63, 3.8) is 0 Å². The van der Waals surface area contributed by atoms with Crippen molar-refractivity contribution < 1.29 is 23.7 Å². The van der Waals surface area contributed by atoms with Crippen LogP contribution in [0.15, 0.2) is 30.5 Å². The van der Waals surface area contributed by atoms with E-state index in [0.717, 1.165) is 32.0 Å². The number of nitrogens with one attached hydrogen (secondary N) is 1. The number of halogens is 2. The summed E-state index contributed by atoms with van der Waals surface area (Å²) in [4.78, 5) is 17.8. The second-order valence-electron chi connectivity index (χ2n) is 12.4. The third kappa shape index (κ3) is 5.31. The number of aliphatic hydroxyl groups excluding tert-OH is 1. The van der Waals surface area contributed by atoms with Crippen LogP contribution in [0.5, 0.6) is 11.8 Å². The molecular formula is C34H36F2N6O3. The zero-order valence-electron chi connectivity index (χ0n) is 25.1. The van der Waals surface area contributed by atoms with Gasteiger partial charge in [0.2, 0.25) is 0 Å². The lowest BCUT2D eigenvalue weighted by molar-refractivity contribution is 0.155. The van der Waals surface area contributed by atoms with Crippen molar-refractivity contribution >= 4 is 27.5 Å². The molecule has 4 aliphatic heterocycles. The molecule has 4 fully saturated rings. The van der Waals surface area contributed by atoms with Crippen LogP contribution in [0.1, 0.15) is 44.1 Å². The van der Waals surface area contributed by atoms with Gasteiger partial charge in [0, 0.05) is 54.4 Å². The number of piperazine rings is 1. The molecule has 9 nitrogen and oxygen atoms in total. The number of aromatic hydroxyl groups is 1. The van der Waals surface area contributed by atoms with Gasteiger partial charge in [0.25, 0.3) is 0 Å². The highest BCUT2D eigenvalue weighted by atomic mass is 19.1. The molecule has 4 unspecified atom stereocenters. The van der Waals surface area contributed by atoms with E-state index in [-0.39, 0.29) is 39.5 Å². The largest absolute Gasteiger partial charge is 0.508 e. The molecule has 0 aliphatic carbocycles. The van der Waals surface area contributed by atoms with E-state index in [1.165, 1.54) is 69.8 Å². The quantitative estimate of drug-likeness (QED) is 0.289. The normalized spacial score (nSPS) is 24.0. The number of fused-ring (bicyclic) bond motifs is 5. The standard InChI is InChI=1S/C26H21F2N5O2.C8H15NO/c1-3-17-20(27)7-4-13-8-16(34)9-18(21(13)17)23-22(28)24-19(10-29-23)25(32-26(31-24)35-2)33-11-14-5-6-15(12-33)30-14;10-6-8-4-3-7-2-1-5-9(7)8/h1,4,7-10,14-15,30,34H,5-6,11-12H2,2H3;7-8,10H,1-6H2. The van der Waals surface area contributed by atoms with Gasteiger partial charge in [0.15, 0.2) is 5.82 Å². The first-order chi connectivity index (χ1) is 21.9. The fourth-order valence-electron chi connectivity index (χ4n) is 7.66. The number of pyridine rings is 1. The average molecular weight is 615 g/mol. The Bertz CT molecular complexity index is 1800. The zero-order chi connectivity index (χ0) is 31.2. The van der Waals surface area contributed by atoms with Crippen molar-refractivity contribution in [2.45, 2.75) is 62.7 Å². The Morgan fingerprint density at radius 3 is 2.62 bits per heavy atom. The summed E-state index contributed by atoms with van der Waals surface area (Å²) in [7, 11) is 1.43. The molecule has 8 rings (SSSR count). The Balaban J connectivity index is 0.000000275. The number of benzene rings is 2. The van der Waals surface area contributed by atoms with Crippen LogP contribution in [-0.2, 0) is 0 Å². The van der Waals surface area contributed by atoms with E-state index in [9.17, 15) is 9.50 Å². The van der Waals surface area contributed by atoms with E-state index in [1.807, 2.05) is 0 Å². The summed E-state index contributed by atoms with van der Waals surface area (Å²) in [6.45, 7) is 3.07. The van der Waals surface area contributed by atoms with Gasteiger partial charge in [-0.25, -0.2) is 8.78 Å². The number of hydrogen-bond acceptors (Lipinski definition) is 9. The molecule has 6 heterocycles. The van der Waals surface area contributed by atoms with Gasteiger partial charge in [-0.15, -0.1) is 6.42 Å². The summed E-state index contributed by atoms with van der Waals surface area (Å²) >= 11 is 0. The van der Waals surface area contributed by atoms with Crippen LogP contribution in [0.3, 0.4) is 0 Å². The Morgan fingerprint density at radius 2 is 1.89 bits per heavy atom. The van der Waals surface area contributed by atoms with Gasteiger partial charge < -0.3 is 25.2 Å². The van der Waals surface area contributed by atoms with E-state index >= 15 is 4.39 Å². The van der Waals surface area contributed by atoms with Gasteiger partial charge >= 0.3 is 6.01 Å². The number of methoxy groups -OCH3 is 1. The Labute approximate surface area is 260 Å². The Hall–Kier alpha value is -4.11. The number of anilines is 1. The molecule has 4 aromatic rings. The topological polar surface area (TPSA) is 107 Å². The molecule has 2 aromatic carbocycles. The lowest BCUT2D eigenvalue weighted by Gasteiger charge is -2.34. The summed E-state index contributed by atoms with van der Waals surface area (Å²) in [5.74, 6) is 1.42. The molecule has 0 saturated carbocycles. The van der Waals surface area contributed by atoms with E-state index in [0.29, 0.717) is 41.3 Å².